The normalized spacial score (nSPS) is 12.0. The first-order chi connectivity index (χ1) is 10.5. The zero-order valence-corrected chi connectivity index (χ0v) is 13.1. The largest absolute Gasteiger partial charge is 0.515 e. The van der Waals surface area contributed by atoms with Crippen molar-refractivity contribution in [3.8, 4) is 0 Å². The number of aliphatic hydroxyl groups is 1. The van der Waals surface area contributed by atoms with E-state index in [4.69, 9.17) is 21.1 Å². The zero-order chi connectivity index (χ0) is 16.5. The average molecular weight is 325 g/mol. The van der Waals surface area contributed by atoms with Crippen LogP contribution < -0.4 is 0 Å². The minimum Gasteiger partial charge on any atom is -0.515 e. The number of hydrogen-bond acceptors (Lipinski definition) is 5. The van der Waals surface area contributed by atoms with E-state index in [9.17, 15) is 14.7 Å². The van der Waals surface area contributed by atoms with Crippen molar-refractivity contribution in [2.45, 2.75) is 13.8 Å². The summed E-state index contributed by atoms with van der Waals surface area (Å²) in [5.74, 6) is -1.39. The topological polar surface area (TPSA) is 72.8 Å². The quantitative estimate of drug-likeness (QED) is 0.376. The summed E-state index contributed by atoms with van der Waals surface area (Å²) in [5, 5.41) is 9.80. The molecule has 0 aliphatic rings. The number of aliphatic hydroxyl groups excluding tert-OH is 1. The van der Waals surface area contributed by atoms with E-state index in [2.05, 4.69) is 0 Å². The van der Waals surface area contributed by atoms with Crippen LogP contribution in [-0.2, 0) is 19.1 Å². The Morgan fingerprint density at radius 3 is 2.45 bits per heavy atom. The summed E-state index contributed by atoms with van der Waals surface area (Å²) < 4.78 is 9.73. The van der Waals surface area contributed by atoms with Gasteiger partial charge in [0.1, 0.15) is 5.57 Å². The van der Waals surface area contributed by atoms with Crippen LogP contribution in [0.25, 0.3) is 5.57 Å². The van der Waals surface area contributed by atoms with Crippen LogP contribution in [0.4, 0.5) is 0 Å². The Morgan fingerprint density at radius 2 is 1.91 bits per heavy atom. The highest BCUT2D eigenvalue weighted by Gasteiger charge is 2.19. The molecule has 0 bridgehead atoms. The molecule has 0 fully saturated rings. The van der Waals surface area contributed by atoms with Gasteiger partial charge in [0, 0.05) is 16.7 Å². The van der Waals surface area contributed by atoms with E-state index in [1.807, 2.05) is 0 Å². The molecule has 1 aromatic rings. The van der Waals surface area contributed by atoms with E-state index in [0.717, 1.165) is 6.08 Å². The third-order valence-corrected chi connectivity index (χ3v) is 2.83. The molecule has 1 N–H and O–H groups in total. The molecule has 0 saturated carbocycles. The predicted molar refractivity (Wildman–Crippen MR) is 83.4 cm³/mol. The summed E-state index contributed by atoms with van der Waals surface area (Å²) in [7, 11) is 0. The first kappa shape index (κ1) is 17.8. The smallest absolute Gasteiger partial charge is 0.341 e. The molecule has 5 nitrogen and oxygen atoms in total. The first-order valence-electron chi connectivity index (χ1n) is 6.69. The number of ether oxygens (including phenoxy) is 2. The van der Waals surface area contributed by atoms with Gasteiger partial charge in [-0.25, -0.2) is 9.59 Å². The maximum Gasteiger partial charge on any atom is 0.341 e. The van der Waals surface area contributed by atoms with E-state index in [1.165, 1.54) is 0 Å². The summed E-state index contributed by atoms with van der Waals surface area (Å²) >= 11 is 5.93. The Bertz CT molecular complexity index is 604. The second-order valence-electron chi connectivity index (χ2n) is 4.08. The Morgan fingerprint density at radius 1 is 1.23 bits per heavy atom. The first-order valence-corrected chi connectivity index (χ1v) is 7.07. The van der Waals surface area contributed by atoms with E-state index in [0.29, 0.717) is 16.8 Å². The van der Waals surface area contributed by atoms with Crippen molar-refractivity contribution in [2.24, 2.45) is 0 Å². The number of benzene rings is 1. The van der Waals surface area contributed by atoms with Crippen molar-refractivity contribution in [3.05, 3.63) is 52.8 Å². The summed E-state index contributed by atoms with van der Waals surface area (Å²) in [6.45, 7) is 3.63. The molecule has 1 aromatic carbocycles. The van der Waals surface area contributed by atoms with Gasteiger partial charge >= 0.3 is 11.9 Å². The minimum atomic E-state index is -0.750. The minimum absolute atomic E-state index is 0.137. The molecule has 0 atom stereocenters. The molecule has 0 radical (unpaired) electrons. The van der Waals surface area contributed by atoms with E-state index >= 15 is 0 Å². The molecule has 0 saturated heterocycles. The Balaban J connectivity index is 3.33. The van der Waals surface area contributed by atoms with Gasteiger partial charge in [-0.05, 0) is 31.5 Å². The maximum absolute atomic E-state index is 11.9. The van der Waals surface area contributed by atoms with Crippen LogP contribution in [-0.4, -0.2) is 30.3 Å². The van der Waals surface area contributed by atoms with Gasteiger partial charge < -0.3 is 14.6 Å². The van der Waals surface area contributed by atoms with Gasteiger partial charge in [-0.1, -0.05) is 23.7 Å². The third-order valence-electron chi connectivity index (χ3n) is 2.60. The molecule has 22 heavy (non-hydrogen) atoms. The van der Waals surface area contributed by atoms with Crippen molar-refractivity contribution in [3.63, 3.8) is 0 Å². The van der Waals surface area contributed by atoms with Gasteiger partial charge in [-0.15, -0.1) is 0 Å². The van der Waals surface area contributed by atoms with Crippen LogP contribution in [0.1, 0.15) is 19.4 Å². The number of carbonyl (C=O) groups is 2. The lowest BCUT2D eigenvalue weighted by atomic mass is 9.98. The van der Waals surface area contributed by atoms with Crippen LogP contribution in [0.15, 0.2) is 42.2 Å². The number of esters is 2. The molecule has 0 amide bonds. The summed E-state index contributed by atoms with van der Waals surface area (Å²) in [6.07, 6.45) is 1.72. The highest BCUT2D eigenvalue weighted by atomic mass is 35.5. The molecule has 0 spiro atoms. The zero-order valence-electron chi connectivity index (χ0n) is 12.3. The van der Waals surface area contributed by atoms with Crippen LogP contribution >= 0.6 is 11.6 Å². The fourth-order valence-corrected chi connectivity index (χ4v) is 1.91. The summed E-state index contributed by atoms with van der Waals surface area (Å²) in [6, 6.07) is 6.53. The number of halogens is 1. The standard InChI is InChI=1S/C16H17ClO5/c1-3-21-15(19)9-13(11-6-5-7-12(17)8-11)14(10-18)16(20)22-4-2/h5-10,18H,3-4H2,1-2H3. The average Bonchev–Trinajstić information content (AvgIpc) is 2.47. The van der Waals surface area contributed by atoms with E-state index in [-0.39, 0.29) is 24.4 Å². The highest BCUT2D eigenvalue weighted by molar-refractivity contribution is 6.30. The molecule has 0 aliphatic carbocycles. The second-order valence-corrected chi connectivity index (χ2v) is 4.52. The van der Waals surface area contributed by atoms with Crippen molar-refractivity contribution in [2.75, 3.05) is 13.2 Å². The predicted octanol–water partition coefficient (Wildman–Crippen LogP) is 3.29. The molecule has 0 aromatic heterocycles. The number of hydrogen-bond donors (Lipinski definition) is 1. The fourth-order valence-electron chi connectivity index (χ4n) is 1.72. The summed E-state index contributed by atoms with van der Waals surface area (Å²) in [5.41, 5.74) is 0.493. The fraction of sp³-hybridized carbons (Fsp3) is 0.250. The Kier molecular flexibility index (Phi) is 7.19. The van der Waals surface area contributed by atoms with Crippen molar-refractivity contribution >= 4 is 29.1 Å². The Hall–Kier alpha value is -2.27. The van der Waals surface area contributed by atoms with Crippen molar-refractivity contribution in [1.29, 1.82) is 0 Å². The third kappa shape index (κ3) is 4.93. The van der Waals surface area contributed by atoms with Crippen LogP contribution in [0.2, 0.25) is 5.02 Å². The van der Waals surface area contributed by atoms with E-state index in [1.54, 1.807) is 38.1 Å². The molecule has 1 rings (SSSR count). The maximum atomic E-state index is 11.9. The molecule has 0 unspecified atom stereocenters. The van der Waals surface area contributed by atoms with Crippen molar-refractivity contribution in [1.82, 2.24) is 0 Å². The van der Waals surface area contributed by atoms with Gasteiger partial charge in [-0.3, -0.25) is 0 Å². The monoisotopic (exact) mass is 324 g/mol. The highest BCUT2D eigenvalue weighted by Crippen LogP contribution is 2.26. The van der Waals surface area contributed by atoms with Crippen LogP contribution in [0, 0.1) is 0 Å². The lowest BCUT2D eigenvalue weighted by Gasteiger charge is -2.11. The van der Waals surface area contributed by atoms with E-state index < -0.39 is 11.9 Å². The van der Waals surface area contributed by atoms with Gasteiger partial charge in [-0.2, -0.15) is 0 Å². The molecule has 0 heterocycles. The van der Waals surface area contributed by atoms with Gasteiger partial charge in [0.15, 0.2) is 0 Å². The number of rotatable bonds is 6. The lowest BCUT2D eigenvalue weighted by molar-refractivity contribution is -0.138. The molecular formula is C16H17ClO5. The molecule has 118 valence electrons. The van der Waals surface area contributed by atoms with Crippen LogP contribution in [0.5, 0.6) is 0 Å². The lowest BCUT2D eigenvalue weighted by Crippen LogP contribution is -2.11. The molecule has 0 aliphatic heterocycles. The second kappa shape index (κ2) is 8.89. The number of carbonyl (C=O) groups excluding carboxylic acids is 2. The SMILES string of the molecule is CCOC(=O)C=C(C(=CO)C(=O)OCC)c1cccc(Cl)c1. The van der Waals surface area contributed by atoms with Crippen molar-refractivity contribution < 1.29 is 24.2 Å². The van der Waals surface area contributed by atoms with Gasteiger partial charge in [0.05, 0.1) is 19.5 Å². The molecule has 6 heteroatoms. The summed E-state index contributed by atoms with van der Waals surface area (Å²) in [4.78, 5) is 23.7. The Labute approximate surface area is 133 Å². The van der Waals surface area contributed by atoms with Crippen LogP contribution in [0.3, 0.4) is 0 Å². The molecular weight excluding hydrogens is 308 g/mol. The van der Waals surface area contributed by atoms with Gasteiger partial charge in [0.25, 0.3) is 0 Å². The van der Waals surface area contributed by atoms with Gasteiger partial charge in [0.2, 0.25) is 0 Å².